The molecule has 2 atom stereocenters. The molecule has 3 N–H and O–H groups in total. The molecule has 2 heterocycles. The van der Waals surface area contributed by atoms with Crippen molar-refractivity contribution in [3.8, 4) is 11.5 Å². The molecule has 1 saturated heterocycles. The van der Waals surface area contributed by atoms with Crippen LogP contribution in [0.15, 0.2) is 18.2 Å². The predicted molar refractivity (Wildman–Crippen MR) is 76.0 cm³/mol. The van der Waals surface area contributed by atoms with Gasteiger partial charge in [0.25, 0.3) is 0 Å². The third-order valence-corrected chi connectivity index (χ3v) is 3.92. The maximum Gasteiger partial charge on any atom is 0.161 e. The van der Waals surface area contributed by atoms with E-state index < -0.39 is 6.10 Å². The minimum atomic E-state index is -0.679. The van der Waals surface area contributed by atoms with Crippen LogP contribution >= 0.6 is 0 Å². The fourth-order valence-electron chi connectivity index (χ4n) is 2.87. The van der Waals surface area contributed by atoms with Gasteiger partial charge in [0.15, 0.2) is 11.5 Å². The van der Waals surface area contributed by atoms with Crippen molar-refractivity contribution in [3.63, 3.8) is 0 Å². The van der Waals surface area contributed by atoms with E-state index in [1.165, 1.54) is 0 Å². The Morgan fingerprint density at radius 2 is 2.00 bits per heavy atom. The Bertz CT molecular complexity index is 474. The quantitative estimate of drug-likeness (QED) is 0.851. The second kappa shape index (κ2) is 5.60. The van der Waals surface area contributed by atoms with Crippen molar-refractivity contribution in [2.45, 2.75) is 19.1 Å². The number of ether oxygens (including phenoxy) is 2. The molecule has 0 amide bonds. The van der Waals surface area contributed by atoms with Gasteiger partial charge in [0, 0.05) is 25.7 Å². The van der Waals surface area contributed by atoms with Crippen LogP contribution in [0.1, 0.15) is 18.6 Å². The van der Waals surface area contributed by atoms with E-state index in [0.29, 0.717) is 19.0 Å². The highest BCUT2D eigenvalue weighted by Gasteiger charge is 2.27. The van der Waals surface area contributed by atoms with Gasteiger partial charge < -0.3 is 25.2 Å². The average Bonchev–Trinajstić information content (AvgIpc) is 2.44. The lowest BCUT2D eigenvalue weighted by Crippen LogP contribution is -2.51. The lowest BCUT2D eigenvalue weighted by molar-refractivity contribution is 0.0658. The number of likely N-dealkylation sites (tertiary alicyclic amines) is 1. The molecule has 1 fully saturated rings. The molecule has 5 nitrogen and oxygen atoms in total. The van der Waals surface area contributed by atoms with Crippen LogP contribution in [0.5, 0.6) is 11.5 Å². The Labute approximate surface area is 119 Å². The van der Waals surface area contributed by atoms with Crippen molar-refractivity contribution in [1.82, 2.24) is 4.90 Å². The molecule has 2 unspecified atom stereocenters. The van der Waals surface area contributed by atoms with Gasteiger partial charge in [-0.3, -0.25) is 0 Å². The highest BCUT2D eigenvalue weighted by molar-refractivity contribution is 5.44. The van der Waals surface area contributed by atoms with E-state index in [1.54, 1.807) is 0 Å². The zero-order valence-corrected chi connectivity index (χ0v) is 11.8. The first-order valence-electron chi connectivity index (χ1n) is 7.19. The summed E-state index contributed by atoms with van der Waals surface area (Å²) in [7, 11) is 0. The molecule has 1 aromatic rings. The molecule has 0 spiro atoms. The van der Waals surface area contributed by atoms with Crippen molar-refractivity contribution >= 4 is 0 Å². The van der Waals surface area contributed by atoms with E-state index >= 15 is 0 Å². The van der Waals surface area contributed by atoms with Crippen molar-refractivity contribution < 1.29 is 14.6 Å². The summed E-state index contributed by atoms with van der Waals surface area (Å²) in [6, 6.07) is 5.24. The number of hydrogen-bond acceptors (Lipinski definition) is 5. The standard InChI is InChI=1S/C15H22N2O3/c1-10-7-17(8-10)9-12(16)15(18)11-2-3-13-14(6-11)20-5-4-19-13/h2-3,6,10,12,15,18H,4-5,7-9,16H2,1H3. The van der Waals surface area contributed by atoms with E-state index in [4.69, 9.17) is 15.2 Å². The van der Waals surface area contributed by atoms with E-state index in [2.05, 4.69) is 11.8 Å². The third kappa shape index (κ3) is 2.75. The van der Waals surface area contributed by atoms with Crippen LogP contribution in [0.4, 0.5) is 0 Å². The van der Waals surface area contributed by atoms with E-state index in [1.807, 2.05) is 18.2 Å². The zero-order chi connectivity index (χ0) is 14.1. The Morgan fingerprint density at radius 1 is 1.30 bits per heavy atom. The topological polar surface area (TPSA) is 68.0 Å². The minimum absolute atomic E-state index is 0.287. The van der Waals surface area contributed by atoms with Gasteiger partial charge in [-0.05, 0) is 23.6 Å². The molecule has 0 radical (unpaired) electrons. The maximum absolute atomic E-state index is 10.4. The van der Waals surface area contributed by atoms with Crippen LogP contribution in [0.25, 0.3) is 0 Å². The first-order valence-corrected chi connectivity index (χ1v) is 7.19. The monoisotopic (exact) mass is 278 g/mol. The number of hydrogen-bond donors (Lipinski definition) is 2. The molecule has 0 saturated carbocycles. The van der Waals surface area contributed by atoms with Crippen molar-refractivity contribution in [2.24, 2.45) is 11.7 Å². The van der Waals surface area contributed by atoms with Crippen LogP contribution in [0, 0.1) is 5.92 Å². The Balaban J connectivity index is 1.65. The first-order chi connectivity index (χ1) is 9.63. The third-order valence-electron chi connectivity index (χ3n) is 3.92. The van der Waals surface area contributed by atoms with Gasteiger partial charge in [0.2, 0.25) is 0 Å². The zero-order valence-electron chi connectivity index (χ0n) is 11.8. The SMILES string of the molecule is CC1CN(CC(N)C(O)c2ccc3c(c2)OCCO3)C1. The minimum Gasteiger partial charge on any atom is -0.486 e. The average molecular weight is 278 g/mol. The number of aliphatic hydroxyl groups is 1. The number of nitrogens with zero attached hydrogens (tertiary/aromatic N) is 1. The fraction of sp³-hybridized carbons (Fsp3) is 0.600. The summed E-state index contributed by atoms with van der Waals surface area (Å²) in [5.74, 6) is 2.17. The van der Waals surface area contributed by atoms with Gasteiger partial charge in [-0.15, -0.1) is 0 Å². The molecule has 0 aliphatic carbocycles. The van der Waals surface area contributed by atoms with Crippen LogP contribution in [0.2, 0.25) is 0 Å². The van der Waals surface area contributed by atoms with Crippen LogP contribution in [-0.2, 0) is 0 Å². The van der Waals surface area contributed by atoms with Gasteiger partial charge >= 0.3 is 0 Å². The molecule has 0 aromatic heterocycles. The summed E-state index contributed by atoms with van der Waals surface area (Å²) in [5.41, 5.74) is 6.90. The molecule has 2 aliphatic heterocycles. The molecule has 5 heteroatoms. The van der Waals surface area contributed by atoms with E-state index in [9.17, 15) is 5.11 Å². The Morgan fingerprint density at radius 3 is 2.70 bits per heavy atom. The summed E-state index contributed by atoms with van der Waals surface area (Å²) in [6.07, 6.45) is -0.679. The highest BCUT2D eigenvalue weighted by Crippen LogP contribution is 2.33. The highest BCUT2D eigenvalue weighted by atomic mass is 16.6. The molecule has 2 aliphatic rings. The number of benzene rings is 1. The molecule has 0 bridgehead atoms. The first kappa shape index (κ1) is 13.7. The van der Waals surface area contributed by atoms with Gasteiger partial charge in [-0.25, -0.2) is 0 Å². The van der Waals surface area contributed by atoms with Gasteiger partial charge in [0.1, 0.15) is 13.2 Å². The number of rotatable bonds is 4. The van der Waals surface area contributed by atoms with Gasteiger partial charge in [0.05, 0.1) is 6.10 Å². The van der Waals surface area contributed by atoms with E-state index in [0.717, 1.165) is 36.9 Å². The molecular weight excluding hydrogens is 256 g/mol. The summed E-state index contributed by atoms with van der Waals surface area (Å²) in [4.78, 5) is 2.27. The Kier molecular flexibility index (Phi) is 3.83. The van der Waals surface area contributed by atoms with Crippen LogP contribution < -0.4 is 15.2 Å². The summed E-state index contributed by atoms with van der Waals surface area (Å²) in [6.45, 7) is 6.20. The lowest BCUT2D eigenvalue weighted by atomic mass is 9.98. The lowest BCUT2D eigenvalue weighted by Gasteiger charge is -2.39. The maximum atomic E-state index is 10.4. The predicted octanol–water partition coefficient (Wildman–Crippen LogP) is 0.770. The molecule has 1 aromatic carbocycles. The molecule has 3 rings (SSSR count). The summed E-state index contributed by atoms with van der Waals surface area (Å²) >= 11 is 0. The smallest absolute Gasteiger partial charge is 0.161 e. The van der Waals surface area contributed by atoms with E-state index in [-0.39, 0.29) is 6.04 Å². The van der Waals surface area contributed by atoms with Crippen LogP contribution in [0.3, 0.4) is 0 Å². The number of aliphatic hydroxyl groups excluding tert-OH is 1. The summed E-state index contributed by atoms with van der Waals surface area (Å²) in [5, 5.41) is 10.4. The Hall–Kier alpha value is -1.30. The fourth-order valence-corrected chi connectivity index (χ4v) is 2.87. The second-order valence-corrected chi connectivity index (χ2v) is 5.84. The van der Waals surface area contributed by atoms with Crippen molar-refractivity contribution in [1.29, 1.82) is 0 Å². The van der Waals surface area contributed by atoms with Gasteiger partial charge in [-0.1, -0.05) is 13.0 Å². The normalized spacial score (nSPS) is 22.1. The largest absolute Gasteiger partial charge is 0.486 e. The van der Waals surface area contributed by atoms with Crippen molar-refractivity contribution in [3.05, 3.63) is 23.8 Å². The molecule has 110 valence electrons. The van der Waals surface area contributed by atoms with Gasteiger partial charge in [-0.2, -0.15) is 0 Å². The van der Waals surface area contributed by atoms with Crippen molar-refractivity contribution in [2.75, 3.05) is 32.8 Å². The number of nitrogens with two attached hydrogens (primary N) is 1. The molecule has 20 heavy (non-hydrogen) atoms. The second-order valence-electron chi connectivity index (χ2n) is 5.84. The molecular formula is C15H22N2O3. The summed E-state index contributed by atoms with van der Waals surface area (Å²) < 4.78 is 11.0. The van der Waals surface area contributed by atoms with Crippen LogP contribution in [-0.4, -0.2) is 48.9 Å². The number of fused-ring (bicyclic) bond motifs is 1.